The Labute approximate surface area is 164 Å². The third-order valence-corrected chi connectivity index (χ3v) is 6.25. The third kappa shape index (κ3) is 3.66. The van der Waals surface area contributed by atoms with E-state index in [-0.39, 0.29) is 12.6 Å². The molecule has 0 spiro atoms. The van der Waals surface area contributed by atoms with Crippen LogP contribution in [-0.2, 0) is 21.4 Å². The van der Waals surface area contributed by atoms with Crippen LogP contribution in [0.3, 0.4) is 0 Å². The zero-order valence-electron chi connectivity index (χ0n) is 16.6. The molecule has 3 rings (SSSR count). The van der Waals surface area contributed by atoms with Gasteiger partial charge in [0.25, 0.3) is 0 Å². The number of nitrogens with one attached hydrogen (secondary N) is 1. The molecule has 0 aliphatic rings. The fraction of sp³-hybridized carbons (Fsp3) is 0.409. The lowest BCUT2D eigenvalue weighted by molar-refractivity contribution is -0.148. The summed E-state index contributed by atoms with van der Waals surface area (Å²) in [6, 6.07) is 8.55. The maximum Gasteiger partial charge on any atom is 0.316 e. The number of rotatable bonds is 6. The van der Waals surface area contributed by atoms with Gasteiger partial charge in [0.15, 0.2) is 0 Å². The summed E-state index contributed by atoms with van der Waals surface area (Å²) >= 11 is 1.58. The standard InChI is InChI=1S/C22H27NO3S/c1-6-26-21(25)22(4,5)18-12-17-16(7-8-24)19(23-20(17)27-18)15-10-13(2)9-14(3)11-15/h9-12,23-24H,6-8H2,1-5H3. The average Bonchev–Trinajstić information content (AvgIpc) is 3.14. The van der Waals surface area contributed by atoms with Crippen LogP contribution in [0.5, 0.6) is 0 Å². The van der Waals surface area contributed by atoms with Gasteiger partial charge in [-0.25, -0.2) is 0 Å². The Morgan fingerprint density at radius 3 is 2.44 bits per heavy atom. The fourth-order valence-corrected chi connectivity index (χ4v) is 4.67. The maximum atomic E-state index is 12.4. The molecular formula is C22H27NO3S. The Kier molecular flexibility index (Phi) is 5.45. The van der Waals surface area contributed by atoms with Gasteiger partial charge in [-0.3, -0.25) is 4.79 Å². The number of esters is 1. The van der Waals surface area contributed by atoms with Gasteiger partial charge in [-0.2, -0.15) is 0 Å². The first-order valence-corrected chi connectivity index (χ1v) is 10.1. The largest absolute Gasteiger partial charge is 0.465 e. The van der Waals surface area contributed by atoms with Gasteiger partial charge < -0.3 is 14.8 Å². The summed E-state index contributed by atoms with van der Waals surface area (Å²) in [7, 11) is 0. The highest BCUT2D eigenvalue weighted by atomic mass is 32.1. The number of H-pyrrole nitrogens is 1. The van der Waals surface area contributed by atoms with E-state index in [0.717, 1.165) is 31.9 Å². The number of aromatic amines is 1. The van der Waals surface area contributed by atoms with E-state index >= 15 is 0 Å². The molecule has 0 amide bonds. The fourth-order valence-electron chi connectivity index (χ4n) is 3.49. The van der Waals surface area contributed by atoms with Crippen LogP contribution in [-0.4, -0.2) is 29.3 Å². The minimum atomic E-state index is -0.697. The minimum Gasteiger partial charge on any atom is -0.465 e. The van der Waals surface area contributed by atoms with Crippen LogP contribution in [0.1, 0.15) is 42.3 Å². The van der Waals surface area contributed by atoms with Gasteiger partial charge in [0.2, 0.25) is 0 Å². The highest BCUT2D eigenvalue weighted by Gasteiger charge is 2.34. The first kappa shape index (κ1) is 19.6. The van der Waals surface area contributed by atoms with E-state index in [2.05, 4.69) is 43.1 Å². The van der Waals surface area contributed by atoms with E-state index in [1.807, 2.05) is 20.8 Å². The summed E-state index contributed by atoms with van der Waals surface area (Å²) in [5.41, 5.74) is 5.00. The number of ether oxygens (including phenoxy) is 1. The van der Waals surface area contributed by atoms with Crippen molar-refractivity contribution in [2.75, 3.05) is 13.2 Å². The second kappa shape index (κ2) is 7.49. The van der Waals surface area contributed by atoms with Crippen molar-refractivity contribution in [3.8, 4) is 11.3 Å². The zero-order valence-corrected chi connectivity index (χ0v) is 17.4. The van der Waals surface area contributed by atoms with E-state index < -0.39 is 5.41 Å². The van der Waals surface area contributed by atoms with Crippen LogP contribution in [0.4, 0.5) is 0 Å². The maximum absolute atomic E-state index is 12.4. The molecule has 0 atom stereocenters. The number of hydrogen-bond acceptors (Lipinski definition) is 4. The number of carbonyl (C=O) groups excluding carboxylic acids is 1. The number of benzene rings is 1. The van der Waals surface area contributed by atoms with Crippen molar-refractivity contribution in [2.24, 2.45) is 0 Å². The highest BCUT2D eigenvalue weighted by molar-refractivity contribution is 7.19. The molecule has 2 aromatic heterocycles. The average molecular weight is 386 g/mol. The smallest absolute Gasteiger partial charge is 0.316 e. The minimum absolute atomic E-state index is 0.0806. The van der Waals surface area contributed by atoms with E-state index in [0.29, 0.717) is 13.0 Å². The van der Waals surface area contributed by atoms with Gasteiger partial charge in [0.05, 0.1) is 17.7 Å². The Bertz CT molecular complexity index is 961. The molecule has 0 bridgehead atoms. The molecule has 2 heterocycles. The normalized spacial score (nSPS) is 11.9. The van der Waals surface area contributed by atoms with Crippen molar-refractivity contribution in [3.63, 3.8) is 0 Å². The van der Waals surface area contributed by atoms with Crippen LogP contribution in [0.2, 0.25) is 0 Å². The van der Waals surface area contributed by atoms with E-state index in [9.17, 15) is 9.90 Å². The molecule has 4 nitrogen and oxygen atoms in total. The summed E-state index contributed by atoms with van der Waals surface area (Å²) in [6.07, 6.45) is 0.568. The zero-order chi connectivity index (χ0) is 19.8. The molecule has 0 radical (unpaired) electrons. The number of hydrogen-bond donors (Lipinski definition) is 2. The van der Waals surface area contributed by atoms with Crippen LogP contribution in [0.25, 0.3) is 21.5 Å². The van der Waals surface area contributed by atoms with Gasteiger partial charge in [0, 0.05) is 16.9 Å². The number of aromatic nitrogens is 1. The van der Waals surface area contributed by atoms with Crippen LogP contribution < -0.4 is 0 Å². The predicted octanol–water partition coefficient (Wildman–Crippen LogP) is 4.89. The van der Waals surface area contributed by atoms with Crippen LogP contribution in [0, 0.1) is 13.8 Å². The SMILES string of the molecule is CCOC(=O)C(C)(C)c1cc2c(CCO)c(-c3cc(C)cc(C)c3)[nH]c2s1. The lowest BCUT2D eigenvalue weighted by Gasteiger charge is -2.20. The van der Waals surface area contributed by atoms with Gasteiger partial charge in [0.1, 0.15) is 4.83 Å². The lowest BCUT2D eigenvalue weighted by atomic mass is 9.91. The molecule has 5 heteroatoms. The molecule has 3 aromatic rings. The van der Waals surface area contributed by atoms with Crippen molar-refractivity contribution >= 4 is 27.5 Å². The molecule has 0 aliphatic heterocycles. The Balaban J connectivity index is 2.12. The summed E-state index contributed by atoms with van der Waals surface area (Å²) in [6.45, 7) is 10.2. The van der Waals surface area contributed by atoms with Crippen molar-refractivity contribution in [1.29, 1.82) is 0 Å². The first-order valence-electron chi connectivity index (χ1n) is 9.29. The second-order valence-corrected chi connectivity index (χ2v) is 8.58. The first-order chi connectivity index (χ1) is 12.8. The number of thiophene rings is 1. The molecule has 27 heavy (non-hydrogen) atoms. The van der Waals surface area contributed by atoms with E-state index in [1.54, 1.807) is 11.3 Å². The van der Waals surface area contributed by atoms with Gasteiger partial charge in [-0.15, -0.1) is 11.3 Å². The molecule has 0 saturated carbocycles. The summed E-state index contributed by atoms with van der Waals surface area (Å²) < 4.78 is 5.25. The summed E-state index contributed by atoms with van der Waals surface area (Å²) in [4.78, 5) is 17.9. The molecule has 0 fully saturated rings. The van der Waals surface area contributed by atoms with Crippen molar-refractivity contribution in [3.05, 3.63) is 45.8 Å². The van der Waals surface area contributed by atoms with E-state index in [1.165, 1.54) is 11.1 Å². The number of carbonyl (C=O) groups is 1. The van der Waals surface area contributed by atoms with Gasteiger partial charge >= 0.3 is 5.97 Å². The summed E-state index contributed by atoms with van der Waals surface area (Å²) in [5.74, 6) is -0.216. The highest BCUT2D eigenvalue weighted by Crippen LogP contribution is 2.40. The molecule has 144 valence electrons. The predicted molar refractivity (Wildman–Crippen MR) is 112 cm³/mol. The topological polar surface area (TPSA) is 62.3 Å². The molecule has 0 unspecified atom stereocenters. The Hall–Kier alpha value is -2.11. The third-order valence-electron chi connectivity index (χ3n) is 4.87. The molecule has 1 aromatic carbocycles. The van der Waals surface area contributed by atoms with E-state index in [4.69, 9.17) is 4.74 Å². The van der Waals surface area contributed by atoms with Gasteiger partial charge in [-0.05, 0) is 70.4 Å². The number of fused-ring (bicyclic) bond motifs is 1. The number of aliphatic hydroxyl groups is 1. The van der Waals surface area contributed by atoms with Crippen LogP contribution >= 0.6 is 11.3 Å². The van der Waals surface area contributed by atoms with Crippen molar-refractivity contribution < 1.29 is 14.6 Å². The lowest BCUT2D eigenvalue weighted by Crippen LogP contribution is -2.30. The second-order valence-electron chi connectivity index (χ2n) is 7.53. The molecule has 0 aliphatic carbocycles. The van der Waals surface area contributed by atoms with Crippen molar-refractivity contribution in [1.82, 2.24) is 4.98 Å². The molecular weight excluding hydrogens is 358 g/mol. The molecule has 2 N–H and O–H groups in total. The Morgan fingerprint density at radius 2 is 1.85 bits per heavy atom. The van der Waals surface area contributed by atoms with Crippen molar-refractivity contribution in [2.45, 2.75) is 46.5 Å². The monoisotopic (exact) mass is 385 g/mol. The summed E-state index contributed by atoms with van der Waals surface area (Å²) in [5, 5.41) is 10.7. The van der Waals surface area contributed by atoms with Gasteiger partial charge in [-0.1, -0.05) is 17.2 Å². The quantitative estimate of drug-likeness (QED) is 0.594. The molecule has 0 saturated heterocycles. The Morgan fingerprint density at radius 1 is 1.19 bits per heavy atom. The van der Waals surface area contributed by atoms with Crippen LogP contribution in [0.15, 0.2) is 24.3 Å². The number of aryl methyl sites for hydroxylation is 2. The number of aliphatic hydroxyl groups excluding tert-OH is 1.